The van der Waals surface area contributed by atoms with Gasteiger partial charge in [-0.1, -0.05) is 20.8 Å². The van der Waals surface area contributed by atoms with E-state index >= 15 is 0 Å². The van der Waals surface area contributed by atoms with Crippen molar-refractivity contribution in [2.45, 2.75) is 52.5 Å². The molecule has 0 radical (unpaired) electrons. The van der Waals surface area contributed by atoms with Crippen LogP contribution in [0.3, 0.4) is 0 Å². The lowest BCUT2D eigenvalue weighted by Crippen LogP contribution is -2.34. The van der Waals surface area contributed by atoms with E-state index in [0.29, 0.717) is 12.6 Å². The molecular formula is C12H23N5O. The molecule has 0 fully saturated rings. The molecule has 3 N–H and O–H groups in total. The van der Waals surface area contributed by atoms with Crippen molar-refractivity contribution in [3.8, 4) is 6.01 Å². The number of rotatable bonds is 7. The molecule has 0 saturated heterocycles. The van der Waals surface area contributed by atoms with Crippen LogP contribution in [0.25, 0.3) is 0 Å². The molecule has 0 aliphatic carbocycles. The van der Waals surface area contributed by atoms with E-state index in [9.17, 15) is 0 Å². The highest BCUT2D eigenvalue weighted by molar-refractivity contribution is 5.35. The van der Waals surface area contributed by atoms with Crippen molar-refractivity contribution in [2.75, 3.05) is 17.7 Å². The lowest BCUT2D eigenvalue weighted by Gasteiger charge is -2.28. The molecule has 0 bridgehead atoms. The third-order valence-corrected chi connectivity index (χ3v) is 3.04. The van der Waals surface area contributed by atoms with Crippen molar-refractivity contribution in [1.82, 2.24) is 15.0 Å². The van der Waals surface area contributed by atoms with Crippen LogP contribution in [0.4, 0.5) is 11.9 Å². The number of nitrogens with two attached hydrogens (primary N) is 1. The fourth-order valence-electron chi connectivity index (χ4n) is 1.38. The number of nitrogens with zero attached hydrogens (tertiary/aromatic N) is 3. The van der Waals surface area contributed by atoms with Crippen LogP contribution in [0.2, 0.25) is 0 Å². The third-order valence-electron chi connectivity index (χ3n) is 3.04. The number of nitrogens with one attached hydrogen (secondary N) is 1. The standard InChI is InChI=1S/C12H23N5O/c1-5-8-18-11-15-9(13)14-10(16-11)17-12(4,6-2)7-3/h5-8H2,1-4H3,(H3,13,14,15,16,17). The highest BCUT2D eigenvalue weighted by Crippen LogP contribution is 2.20. The topological polar surface area (TPSA) is 86.0 Å². The van der Waals surface area contributed by atoms with Crippen molar-refractivity contribution < 1.29 is 4.74 Å². The number of hydrogen-bond acceptors (Lipinski definition) is 6. The molecule has 6 nitrogen and oxygen atoms in total. The van der Waals surface area contributed by atoms with Crippen LogP contribution in [0.5, 0.6) is 6.01 Å². The maximum absolute atomic E-state index is 5.65. The molecular weight excluding hydrogens is 230 g/mol. The van der Waals surface area contributed by atoms with Gasteiger partial charge in [-0.15, -0.1) is 0 Å². The van der Waals surface area contributed by atoms with E-state index in [1.165, 1.54) is 0 Å². The molecule has 1 aromatic heterocycles. The van der Waals surface area contributed by atoms with Gasteiger partial charge in [-0.3, -0.25) is 0 Å². The van der Waals surface area contributed by atoms with Crippen molar-refractivity contribution in [3.05, 3.63) is 0 Å². The van der Waals surface area contributed by atoms with Crippen molar-refractivity contribution in [1.29, 1.82) is 0 Å². The molecule has 18 heavy (non-hydrogen) atoms. The van der Waals surface area contributed by atoms with Crippen LogP contribution in [-0.4, -0.2) is 27.1 Å². The average Bonchev–Trinajstić information content (AvgIpc) is 2.35. The summed E-state index contributed by atoms with van der Waals surface area (Å²) in [5.41, 5.74) is 5.60. The van der Waals surface area contributed by atoms with E-state index in [-0.39, 0.29) is 17.5 Å². The molecule has 0 unspecified atom stereocenters. The van der Waals surface area contributed by atoms with Gasteiger partial charge < -0.3 is 15.8 Å². The van der Waals surface area contributed by atoms with Gasteiger partial charge >= 0.3 is 6.01 Å². The largest absolute Gasteiger partial charge is 0.463 e. The molecule has 0 aliphatic heterocycles. The lowest BCUT2D eigenvalue weighted by molar-refractivity contribution is 0.292. The fraction of sp³-hybridized carbons (Fsp3) is 0.750. The Morgan fingerprint density at radius 3 is 2.39 bits per heavy atom. The zero-order chi connectivity index (χ0) is 13.6. The highest BCUT2D eigenvalue weighted by atomic mass is 16.5. The Morgan fingerprint density at radius 1 is 1.17 bits per heavy atom. The summed E-state index contributed by atoms with van der Waals surface area (Å²) in [6.07, 6.45) is 2.84. The minimum atomic E-state index is -0.0458. The van der Waals surface area contributed by atoms with Crippen LogP contribution >= 0.6 is 0 Å². The van der Waals surface area contributed by atoms with Gasteiger partial charge in [0.25, 0.3) is 0 Å². The zero-order valence-corrected chi connectivity index (χ0v) is 11.7. The van der Waals surface area contributed by atoms with Crippen LogP contribution in [-0.2, 0) is 0 Å². The Kier molecular flexibility index (Phi) is 5.12. The van der Waals surface area contributed by atoms with E-state index in [1.807, 2.05) is 6.92 Å². The SMILES string of the molecule is CCCOc1nc(N)nc(NC(C)(CC)CC)n1. The molecule has 0 spiro atoms. The molecule has 6 heteroatoms. The first-order valence-corrected chi connectivity index (χ1v) is 6.45. The number of ether oxygens (including phenoxy) is 1. The van der Waals surface area contributed by atoms with Gasteiger partial charge in [-0.25, -0.2) is 0 Å². The number of anilines is 2. The first kappa shape index (κ1) is 14.5. The molecule has 102 valence electrons. The molecule has 1 aromatic rings. The summed E-state index contributed by atoms with van der Waals surface area (Å²) in [6, 6.07) is 0.279. The summed E-state index contributed by atoms with van der Waals surface area (Å²) in [4.78, 5) is 12.3. The third kappa shape index (κ3) is 4.01. The molecule has 0 amide bonds. The van der Waals surface area contributed by atoms with Gasteiger partial charge in [-0.05, 0) is 26.2 Å². The predicted molar refractivity (Wildman–Crippen MR) is 72.6 cm³/mol. The Hall–Kier alpha value is -1.59. The first-order valence-electron chi connectivity index (χ1n) is 6.45. The number of hydrogen-bond donors (Lipinski definition) is 2. The summed E-state index contributed by atoms with van der Waals surface area (Å²) in [6.45, 7) is 8.96. The molecule has 0 aromatic carbocycles. The molecule has 0 saturated carbocycles. The average molecular weight is 253 g/mol. The second-order valence-corrected chi connectivity index (χ2v) is 4.54. The minimum Gasteiger partial charge on any atom is -0.463 e. The van der Waals surface area contributed by atoms with Gasteiger partial charge in [0.2, 0.25) is 11.9 Å². The summed E-state index contributed by atoms with van der Waals surface area (Å²) in [5.74, 6) is 0.646. The second-order valence-electron chi connectivity index (χ2n) is 4.54. The molecule has 0 atom stereocenters. The summed E-state index contributed by atoms with van der Waals surface area (Å²) >= 11 is 0. The summed E-state index contributed by atoms with van der Waals surface area (Å²) < 4.78 is 5.38. The molecule has 1 rings (SSSR count). The van der Waals surface area contributed by atoms with Crippen molar-refractivity contribution in [3.63, 3.8) is 0 Å². The summed E-state index contributed by atoms with van der Waals surface area (Å²) in [5, 5.41) is 3.29. The Labute approximate surface area is 108 Å². The quantitative estimate of drug-likeness (QED) is 0.775. The van der Waals surface area contributed by atoms with E-state index in [4.69, 9.17) is 10.5 Å². The Morgan fingerprint density at radius 2 is 1.83 bits per heavy atom. The number of nitrogen functional groups attached to an aromatic ring is 1. The van der Waals surface area contributed by atoms with Crippen molar-refractivity contribution in [2.24, 2.45) is 0 Å². The van der Waals surface area contributed by atoms with Crippen LogP contribution in [0.1, 0.15) is 47.0 Å². The van der Waals surface area contributed by atoms with E-state index in [0.717, 1.165) is 19.3 Å². The van der Waals surface area contributed by atoms with Crippen molar-refractivity contribution >= 4 is 11.9 Å². The van der Waals surface area contributed by atoms with Gasteiger partial charge in [0.05, 0.1) is 6.61 Å². The van der Waals surface area contributed by atoms with E-state index in [2.05, 4.69) is 41.0 Å². The Balaban J connectivity index is 2.85. The van der Waals surface area contributed by atoms with Gasteiger partial charge in [0, 0.05) is 5.54 Å². The van der Waals surface area contributed by atoms with E-state index < -0.39 is 0 Å². The van der Waals surface area contributed by atoms with Crippen LogP contribution < -0.4 is 15.8 Å². The normalized spacial score (nSPS) is 11.3. The maximum atomic E-state index is 5.65. The molecule has 1 heterocycles. The minimum absolute atomic E-state index is 0.0458. The molecule has 0 aliphatic rings. The Bertz CT molecular complexity index is 379. The predicted octanol–water partition coefficient (Wildman–Crippen LogP) is 2.23. The number of aromatic nitrogens is 3. The van der Waals surface area contributed by atoms with Crippen LogP contribution in [0, 0.1) is 0 Å². The van der Waals surface area contributed by atoms with E-state index in [1.54, 1.807) is 0 Å². The zero-order valence-electron chi connectivity index (χ0n) is 11.7. The highest BCUT2D eigenvalue weighted by Gasteiger charge is 2.21. The monoisotopic (exact) mass is 253 g/mol. The summed E-state index contributed by atoms with van der Waals surface area (Å²) in [7, 11) is 0. The lowest BCUT2D eigenvalue weighted by atomic mass is 9.96. The van der Waals surface area contributed by atoms with Gasteiger partial charge in [-0.2, -0.15) is 15.0 Å². The fourth-order valence-corrected chi connectivity index (χ4v) is 1.38. The first-order chi connectivity index (χ1) is 8.53. The van der Waals surface area contributed by atoms with Crippen LogP contribution in [0.15, 0.2) is 0 Å². The second kappa shape index (κ2) is 6.37. The maximum Gasteiger partial charge on any atom is 0.323 e. The smallest absolute Gasteiger partial charge is 0.323 e. The van der Waals surface area contributed by atoms with Gasteiger partial charge in [0.1, 0.15) is 0 Å². The van der Waals surface area contributed by atoms with Gasteiger partial charge in [0.15, 0.2) is 0 Å².